The predicted molar refractivity (Wildman–Crippen MR) is 65.9 cm³/mol. The summed E-state index contributed by atoms with van der Waals surface area (Å²) >= 11 is 5.76. The molecule has 0 aliphatic carbocycles. The van der Waals surface area contributed by atoms with Crippen molar-refractivity contribution in [2.24, 2.45) is 0 Å². The largest absolute Gasteiger partial charge is 0.393 e. The highest BCUT2D eigenvalue weighted by Crippen LogP contribution is 2.27. The molecule has 4 nitrogen and oxygen atoms in total. The van der Waals surface area contributed by atoms with Crippen LogP contribution < -0.4 is 11.1 Å². The summed E-state index contributed by atoms with van der Waals surface area (Å²) in [6.45, 7) is 1.85. The fraction of sp³-hybridized carbons (Fsp3) is 0.0909. The number of nitrogen functional groups attached to an aromatic ring is 1. The van der Waals surface area contributed by atoms with Crippen molar-refractivity contribution < 1.29 is 4.39 Å². The van der Waals surface area contributed by atoms with Gasteiger partial charge in [0.05, 0.1) is 0 Å². The topological polar surface area (TPSA) is 63.8 Å². The number of aromatic nitrogens is 2. The molecule has 0 spiro atoms. The molecule has 6 heteroatoms. The van der Waals surface area contributed by atoms with E-state index in [0.717, 1.165) is 5.56 Å². The second-order valence-electron chi connectivity index (χ2n) is 3.51. The van der Waals surface area contributed by atoms with Crippen LogP contribution in [0.25, 0.3) is 0 Å². The van der Waals surface area contributed by atoms with Gasteiger partial charge in [-0.25, -0.2) is 14.4 Å². The Balaban J connectivity index is 2.38. The Kier molecular flexibility index (Phi) is 3.10. The number of halogens is 2. The van der Waals surface area contributed by atoms with Crippen LogP contribution in [0.3, 0.4) is 0 Å². The van der Waals surface area contributed by atoms with Crippen LogP contribution in [0.1, 0.15) is 5.56 Å². The Bertz CT molecular complexity index is 559. The average Bonchev–Trinajstić information content (AvgIpc) is 2.30. The SMILES string of the molecule is Cc1ccc(F)cc1Nc1ncnc(Cl)c1N. The summed E-state index contributed by atoms with van der Waals surface area (Å²) in [5.74, 6) is 0.0236. The zero-order chi connectivity index (χ0) is 12.4. The molecule has 2 aromatic rings. The first-order valence-electron chi connectivity index (χ1n) is 4.87. The van der Waals surface area contributed by atoms with Crippen molar-refractivity contribution in [3.05, 3.63) is 41.1 Å². The summed E-state index contributed by atoms with van der Waals surface area (Å²) in [5, 5.41) is 3.09. The molecule has 0 aliphatic heterocycles. The van der Waals surface area contributed by atoms with Crippen molar-refractivity contribution in [3.63, 3.8) is 0 Å². The molecule has 0 aliphatic rings. The molecule has 3 N–H and O–H groups in total. The van der Waals surface area contributed by atoms with E-state index in [1.165, 1.54) is 18.5 Å². The molecule has 0 amide bonds. The lowest BCUT2D eigenvalue weighted by atomic mass is 10.2. The van der Waals surface area contributed by atoms with Crippen molar-refractivity contribution in [3.8, 4) is 0 Å². The third kappa shape index (κ3) is 2.45. The fourth-order valence-corrected chi connectivity index (χ4v) is 1.46. The Labute approximate surface area is 103 Å². The van der Waals surface area contributed by atoms with Gasteiger partial charge in [-0.15, -0.1) is 0 Å². The third-order valence-corrected chi connectivity index (χ3v) is 2.59. The molecule has 0 saturated carbocycles. The smallest absolute Gasteiger partial charge is 0.158 e. The molecule has 0 saturated heterocycles. The summed E-state index contributed by atoms with van der Waals surface area (Å²) in [6, 6.07) is 4.41. The summed E-state index contributed by atoms with van der Waals surface area (Å²) in [5.41, 5.74) is 7.40. The molecule has 0 unspecified atom stereocenters. The first-order valence-corrected chi connectivity index (χ1v) is 5.25. The number of benzene rings is 1. The van der Waals surface area contributed by atoms with Gasteiger partial charge in [-0.3, -0.25) is 0 Å². The second kappa shape index (κ2) is 4.55. The molecule has 88 valence electrons. The Morgan fingerprint density at radius 3 is 2.88 bits per heavy atom. The van der Waals surface area contributed by atoms with Crippen molar-refractivity contribution in [2.75, 3.05) is 11.1 Å². The van der Waals surface area contributed by atoms with Gasteiger partial charge in [-0.05, 0) is 24.6 Å². The number of nitrogens with one attached hydrogen (secondary N) is 1. The highest BCUT2D eigenvalue weighted by Gasteiger charge is 2.08. The number of nitrogens with zero attached hydrogens (tertiary/aromatic N) is 2. The van der Waals surface area contributed by atoms with Crippen LogP contribution in [0.5, 0.6) is 0 Å². The van der Waals surface area contributed by atoms with E-state index >= 15 is 0 Å². The van der Waals surface area contributed by atoms with Gasteiger partial charge in [0, 0.05) is 5.69 Å². The van der Waals surface area contributed by atoms with E-state index < -0.39 is 0 Å². The van der Waals surface area contributed by atoms with Crippen LogP contribution >= 0.6 is 11.6 Å². The molecule has 0 atom stereocenters. The van der Waals surface area contributed by atoms with Crippen molar-refractivity contribution in [2.45, 2.75) is 6.92 Å². The molecule has 17 heavy (non-hydrogen) atoms. The quantitative estimate of drug-likeness (QED) is 0.807. The van der Waals surface area contributed by atoms with Gasteiger partial charge in [-0.2, -0.15) is 0 Å². The second-order valence-corrected chi connectivity index (χ2v) is 3.87. The first-order chi connectivity index (χ1) is 8.08. The maximum Gasteiger partial charge on any atom is 0.158 e. The molecule has 0 bridgehead atoms. The standard InChI is InChI=1S/C11H10ClFN4/c1-6-2-3-7(13)4-8(6)17-11-9(14)10(12)15-5-16-11/h2-5H,14H2,1H3,(H,15,16,17). The van der Waals surface area contributed by atoms with Gasteiger partial charge in [0.25, 0.3) is 0 Å². The normalized spacial score (nSPS) is 10.3. The molecule has 1 aromatic carbocycles. The molecular formula is C11H10ClFN4. The van der Waals surface area contributed by atoms with E-state index in [1.807, 2.05) is 6.92 Å². The lowest BCUT2D eigenvalue weighted by molar-refractivity contribution is 0.628. The van der Waals surface area contributed by atoms with E-state index in [0.29, 0.717) is 11.5 Å². The van der Waals surface area contributed by atoms with Gasteiger partial charge in [0.1, 0.15) is 17.8 Å². The molecule has 1 aromatic heterocycles. The molecule has 0 radical (unpaired) electrons. The van der Waals surface area contributed by atoms with Gasteiger partial charge in [-0.1, -0.05) is 17.7 Å². The maximum atomic E-state index is 13.1. The molecule has 1 heterocycles. The highest BCUT2D eigenvalue weighted by molar-refractivity contribution is 6.32. The van der Waals surface area contributed by atoms with Gasteiger partial charge in [0.15, 0.2) is 11.0 Å². The molecular weight excluding hydrogens is 243 g/mol. The summed E-state index contributed by atoms with van der Waals surface area (Å²) in [4.78, 5) is 7.69. The minimum absolute atomic E-state index is 0.163. The van der Waals surface area contributed by atoms with E-state index in [1.54, 1.807) is 6.07 Å². The third-order valence-electron chi connectivity index (χ3n) is 2.29. The number of aryl methyl sites for hydroxylation is 1. The Hall–Kier alpha value is -1.88. The van der Waals surface area contributed by atoms with E-state index in [2.05, 4.69) is 15.3 Å². The maximum absolute atomic E-state index is 13.1. The lowest BCUT2D eigenvalue weighted by Crippen LogP contribution is -2.02. The molecule has 2 rings (SSSR count). The fourth-order valence-electron chi connectivity index (χ4n) is 1.33. The summed E-state index contributed by atoms with van der Waals surface area (Å²) in [6.07, 6.45) is 1.29. The minimum Gasteiger partial charge on any atom is -0.393 e. The van der Waals surface area contributed by atoms with Crippen LogP contribution in [0, 0.1) is 12.7 Å². The zero-order valence-corrected chi connectivity index (χ0v) is 9.79. The first kappa shape index (κ1) is 11.6. The van der Waals surface area contributed by atoms with E-state index in [-0.39, 0.29) is 16.7 Å². The summed E-state index contributed by atoms with van der Waals surface area (Å²) in [7, 11) is 0. The van der Waals surface area contributed by atoms with Crippen molar-refractivity contribution in [1.82, 2.24) is 9.97 Å². The monoisotopic (exact) mass is 252 g/mol. The highest BCUT2D eigenvalue weighted by atomic mass is 35.5. The number of anilines is 3. The van der Waals surface area contributed by atoms with Gasteiger partial charge in [0.2, 0.25) is 0 Å². The van der Waals surface area contributed by atoms with Crippen LogP contribution in [-0.2, 0) is 0 Å². The Morgan fingerprint density at radius 2 is 2.12 bits per heavy atom. The van der Waals surface area contributed by atoms with Crippen LogP contribution in [-0.4, -0.2) is 9.97 Å². The summed E-state index contributed by atoms with van der Waals surface area (Å²) < 4.78 is 13.1. The number of rotatable bonds is 2. The Morgan fingerprint density at radius 1 is 1.35 bits per heavy atom. The van der Waals surface area contributed by atoms with E-state index in [4.69, 9.17) is 17.3 Å². The lowest BCUT2D eigenvalue weighted by Gasteiger charge is -2.10. The van der Waals surface area contributed by atoms with Crippen LogP contribution in [0.4, 0.5) is 21.6 Å². The number of hydrogen-bond donors (Lipinski definition) is 2. The number of nitrogens with two attached hydrogens (primary N) is 1. The van der Waals surface area contributed by atoms with Crippen molar-refractivity contribution >= 4 is 28.8 Å². The predicted octanol–water partition coefficient (Wildman–Crippen LogP) is 2.90. The van der Waals surface area contributed by atoms with Crippen LogP contribution in [0.2, 0.25) is 5.15 Å². The van der Waals surface area contributed by atoms with Gasteiger partial charge >= 0.3 is 0 Å². The molecule has 0 fully saturated rings. The van der Waals surface area contributed by atoms with Gasteiger partial charge < -0.3 is 11.1 Å². The van der Waals surface area contributed by atoms with E-state index in [9.17, 15) is 4.39 Å². The number of hydrogen-bond acceptors (Lipinski definition) is 4. The van der Waals surface area contributed by atoms with Crippen molar-refractivity contribution in [1.29, 1.82) is 0 Å². The minimum atomic E-state index is -0.336. The average molecular weight is 253 g/mol. The van der Waals surface area contributed by atoms with Crippen LogP contribution in [0.15, 0.2) is 24.5 Å². The zero-order valence-electron chi connectivity index (χ0n) is 9.04.